The van der Waals surface area contributed by atoms with Crippen LogP contribution in [-0.4, -0.2) is 43.0 Å². The summed E-state index contributed by atoms with van der Waals surface area (Å²) >= 11 is 3.24. The molecule has 2 aromatic rings. The summed E-state index contributed by atoms with van der Waals surface area (Å²) in [7, 11) is 1.52. The van der Waals surface area contributed by atoms with E-state index in [1.54, 1.807) is 0 Å². The maximum atomic E-state index is 12.0. The van der Waals surface area contributed by atoms with E-state index in [9.17, 15) is 14.7 Å². The minimum atomic E-state index is -0.794. The molecule has 0 aliphatic carbocycles. The minimum absolute atomic E-state index is 0.00634. The van der Waals surface area contributed by atoms with Gasteiger partial charge in [-0.25, -0.2) is 9.78 Å². The van der Waals surface area contributed by atoms with Crippen molar-refractivity contribution < 1.29 is 9.84 Å². The Morgan fingerprint density at radius 2 is 2.10 bits per heavy atom. The van der Waals surface area contributed by atoms with Crippen molar-refractivity contribution >= 4 is 27.1 Å². The van der Waals surface area contributed by atoms with Gasteiger partial charge in [0.2, 0.25) is 0 Å². The summed E-state index contributed by atoms with van der Waals surface area (Å²) in [6.07, 6.45) is -0.787. The third-order valence-corrected chi connectivity index (χ3v) is 3.58. The zero-order valence-electron chi connectivity index (χ0n) is 12.0. The molecule has 1 atom stereocenters. The van der Waals surface area contributed by atoms with E-state index in [4.69, 9.17) is 4.74 Å². The Morgan fingerprint density at radius 1 is 1.43 bits per heavy atom. The maximum absolute atomic E-state index is 12.0. The molecule has 116 valence electrons. The lowest BCUT2D eigenvalue weighted by Gasteiger charge is -2.14. The van der Waals surface area contributed by atoms with Crippen molar-refractivity contribution in [2.75, 3.05) is 6.61 Å². The second-order valence-corrected chi connectivity index (χ2v) is 5.73. The predicted octanol–water partition coefficient (Wildman–Crippen LogP) is -0.0283. The summed E-state index contributed by atoms with van der Waals surface area (Å²) < 4.78 is 8.47. The molecule has 9 heteroatoms. The largest absolute Gasteiger partial charge is 0.389 e. The van der Waals surface area contributed by atoms with Crippen molar-refractivity contribution in [1.82, 2.24) is 19.1 Å². The number of nitrogens with one attached hydrogen (secondary N) is 1. The predicted molar refractivity (Wildman–Crippen MR) is 80.4 cm³/mol. The highest BCUT2D eigenvalue weighted by Gasteiger charge is 2.18. The van der Waals surface area contributed by atoms with E-state index in [0.29, 0.717) is 4.73 Å². The van der Waals surface area contributed by atoms with E-state index in [-0.39, 0.29) is 30.4 Å². The highest BCUT2D eigenvalue weighted by molar-refractivity contribution is 9.10. The van der Waals surface area contributed by atoms with Gasteiger partial charge in [-0.05, 0) is 29.8 Å². The summed E-state index contributed by atoms with van der Waals surface area (Å²) in [5, 5.41) is 9.99. The number of halogens is 1. The van der Waals surface area contributed by atoms with Gasteiger partial charge in [0.1, 0.15) is 0 Å². The number of aliphatic hydroxyl groups is 1. The first kappa shape index (κ1) is 15.9. The van der Waals surface area contributed by atoms with Gasteiger partial charge < -0.3 is 14.4 Å². The fourth-order valence-electron chi connectivity index (χ4n) is 1.94. The third kappa shape index (κ3) is 3.25. The smallest absolute Gasteiger partial charge is 0.329 e. The van der Waals surface area contributed by atoms with E-state index in [1.807, 2.05) is 13.8 Å². The second kappa shape index (κ2) is 6.12. The Bertz CT molecular complexity index is 761. The van der Waals surface area contributed by atoms with Crippen LogP contribution in [0.25, 0.3) is 11.2 Å². The summed E-state index contributed by atoms with van der Waals surface area (Å²) in [6.45, 7) is 4.02. The number of imidazole rings is 1. The number of aryl methyl sites for hydroxylation is 1. The van der Waals surface area contributed by atoms with Crippen LogP contribution in [0.1, 0.15) is 13.8 Å². The van der Waals surface area contributed by atoms with Crippen LogP contribution in [0.15, 0.2) is 14.3 Å². The molecule has 2 rings (SSSR count). The standard InChI is InChI=1S/C12H17BrN4O4/c1-6(2)21-5-7(18)4-17-8-9(14-11(17)13)16(3)12(20)15-10(8)19/h6-7,18H,4-5H2,1-3H3,(H,15,19,20). The molecule has 2 heterocycles. The Morgan fingerprint density at radius 3 is 2.71 bits per heavy atom. The average molecular weight is 361 g/mol. The van der Waals surface area contributed by atoms with Crippen LogP contribution in [0.4, 0.5) is 0 Å². The van der Waals surface area contributed by atoms with E-state index in [0.717, 1.165) is 0 Å². The lowest BCUT2D eigenvalue weighted by Crippen LogP contribution is -2.30. The van der Waals surface area contributed by atoms with E-state index >= 15 is 0 Å². The van der Waals surface area contributed by atoms with Gasteiger partial charge in [0.15, 0.2) is 15.9 Å². The Kier molecular flexibility index (Phi) is 4.64. The topological polar surface area (TPSA) is 102 Å². The minimum Gasteiger partial charge on any atom is -0.389 e. The van der Waals surface area contributed by atoms with Crippen LogP contribution >= 0.6 is 15.9 Å². The van der Waals surface area contributed by atoms with Crippen molar-refractivity contribution in [2.24, 2.45) is 7.05 Å². The lowest BCUT2D eigenvalue weighted by molar-refractivity contribution is -0.000530. The first-order valence-electron chi connectivity index (χ1n) is 6.46. The van der Waals surface area contributed by atoms with Gasteiger partial charge in [-0.2, -0.15) is 0 Å². The molecule has 2 N–H and O–H groups in total. The van der Waals surface area contributed by atoms with Gasteiger partial charge in [-0.15, -0.1) is 0 Å². The van der Waals surface area contributed by atoms with Crippen LogP contribution in [0.2, 0.25) is 0 Å². The number of aromatic nitrogens is 4. The van der Waals surface area contributed by atoms with Crippen molar-refractivity contribution in [3.05, 3.63) is 25.6 Å². The SMILES string of the molecule is CC(C)OCC(O)Cn1c(Br)nc2c1c(=O)[nH]c(=O)n2C. The number of H-pyrrole nitrogens is 1. The number of fused-ring (bicyclic) bond motifs is 1. The second-order valence-electron chi connectivity index (χ2n) is 5.02. The van der Waals surface area contributed by atoms with Crippen molar-refractivity contribution in [2.45, 2.75) is 32.6 Å². The van der Waals surface area contributed by atoms with Gasteiger partial charge in [0.25, 0.3) is 5.56 Å². The molecule has 0 aliphatic heterocycles. The Labute approximate surface area is 128 Å². The maximum Gasteiger partial charge on any atom is 0.329 e. The Hall–Kier alpha value is -1.45. The molecule has 1 unspecified atom stereocenters. The van der Waals surface area contributed by atoms with Gasteiger partial charge in [0, 0.05) is 7.05 Å². The van der Waals surface area contributed by atoms with Crippen molar-refractivity contribution in [3.8, 4) is 0 Å². The van der Waals surface area contributed by atoms with Crippen LogP contribution < -0.4 is 11.2 Å². The molecule has 0 spiro atoms. The molecule has 8 nitrogen and oxygen atoms in total. The first-order chi connectivity index (χ1) is 9.81. The van der Waals surface area contributed by atoms with Crippen LogP contribution in [0.3, 0.4) is 0 Å². The van der Waals surface area contributed by atoms with Crippen LogP contribution in [0, 0.1) is 0 Å². The number of aliphatic hydroxyl groups excluding tert-OH is 1. The lowest BCUT2D eigenvalue weighted by atomic mass is 10.3. The molecule has 0 radical (unpaired) electrons. The van der Waals surface area contributed by atoms with E-state index in [2.05, 4.69) is 25.9 Å². The summed E-state index contributed by atoms with van der Waals surface area (Å²) in [5.74, 6) is 0. The molecule has 0 aliphatic rings. The molecule has 0 aromatic carbocycles. The highest BCUT2D eigenvalue weighted by Crippen LogP contribution is 2.16. The van der Waals surface area contributed by atoms with E-state index in [1.165, 1.54) is 16.2 Å². The average Bonchev–Trinajstić information content (AvgIpc) is 2.72. The first-order valence-corrected chi connectivity index (χ1v) is 7.25. The molecule has 0 saturated heterocycles. The summed E-state index contributed by atoms with van der Waals surface area (Å²) in [4.78, 5) is 29.9. The number of hydrogen-bond donors (Lipinski definition) is 2. The number of ether oxygens (including phenoxy) is 1. The number of rotatable bonds is 5. The van der Waals surface area contributed by atoms with Crippen molar-refractivity contribution in [3.63, 3.8) is 0 Å². The molecule has 21 heavy (non-hydrogen) atoms. The van der Waals surface area contributed by atoms with Gasteiger partial charge >= 0.3 is 5.69 Å². The monoisotopic (exact) mass is 360 g/mol. The van der Waals surface area contributed by atoms with Gasteiger partial charge in [-0.3, -0.25) is 14.3 Å². The molecule has 2 aromatic heterocycles. The summed E-state index contributed by atoms with van der Waals surface area (Å²) in [5.41, 5.74) is -0.586. The fraction of sp³-hybridized carbons (Fsp3) is 0.583. The molecular weight excluding hydrogens is 344 g/mol. The quantitative estimate of drug-likeness (QED) is 0.729. The molecule has 0 bridgehead atoms. The van der Waals surface area contributed by atoms with Gasteiger partial charge in [-0.1, -0.05) is 0 Å². The van der Waals surface area contributed by atoms with Crippen LogP contribution in [0.5, 0.6) is 0 Å². The zero-order valence-corrected chi connectivity index (χ0v) is 13.5. The molecule has 0 fully saturated rings. The zero-order chi connectivity index (χ0) is 15.7. The number of nitrogens with zero attached hydrogens (tertiary/aromatic N) is 3. The summed E-state index contributed by atoms with van der Waals surface area (Å²) in [6, 6.07) is 0. The number of hydrogen-bond acceptors (Lipinski definition) is 5. The normalized spacial score (nSPS) is 13.2. The number of aromatic amines is 1. The van der Waals surface area contributed by atoms with Gasteiger partial charge in [0.05, 0.1) is 25.4 Å². The highest BCUT2D eigenvalue weighted by atomic mass is 79.9. The Balaban J connectivity index is 2.41. The van der Waals surface area contributed by atoms with Crippen molar-refractivity contribution in [1.29, 1.82) is 0 Å². The van der Waals surface area contributed by atoms with E-state index < -0.39 is 17.4 Å². The molecule has 0 amide bonds. The molecule has 0 saturated carbocycles. The fourth-order valence-corrected chi connectivity index (χ4v) is 2.43. The third-order valence-electron chi connectivity index (χ3n) is 2.98. The molecular formula is C12H17BrN4O4. The van der Waals surface area contributed by atoms with Crippen LogP contribution in [-0.2, 0) is 18.3 Å².